The highest BCUT2D eigenvalue weighted by Crippen LogP contribution is 2.61. The van der Waals surface area contributed by atoms with Crippen molar-refractivity contribution in [2.24, 2.45) is 0 Å². The minimum atomic E-state index is -2.47. The molecule has 24 heavy (non-hydrogen) atoms. The standard InChI is InChI=1S/C16H22NO4PS2/c1-3-10-19-22(23,20-11-4-2)24-13-17-16(18)12-15(21-17)14-8-6-5-7-9-14/h5-9,12H,3-4,10-11,13H2,1-2H3. The van der Waals surface area contributed by atoms with Gasteiger partial charge in [-0.05, 0) is 36.0 Å². The minimum Gasteiger partial charge on any atom is -0.375 e. The van der Waals surface area contributed by atoms with Gasteiger partial charge in [0.15, 0.2) is 5.76 Å². The van der Waals surface area contributed by atoms with Crippen molar-refractivity contribution in [1.82, 2.24) is 4.74 Å². The molecule has 132 valence electrons. The maximum atomic E-state index is 12.1. The Balaban J connectivity index is 2.08. The molecule has 1 aromatic carbocycles. The summed E-state index contributed by atoms with van der Waals surface area (Å²) < 4.78 is 18.4. The Labute approximate surface area is 151 Å². The molecule has 0 atom stereocenters. The van der Waals surface area contributed by atoms with Gasteiger partial charge in [-0.1, -0.05) is 44.2 Å². The van der Waals surface area contributed by atoms with Gasteiger partial charge in [0.2, 0.25) is 5.69 Å². The fourth-order valence-electron chi connectivity index (χ4n) is 1.84. The van der Waals surface area contributed by atoms with Gasteiger partial charge in [-0.25, -0.2) is 0 Å². The Morgan fingerprint density at radius 1 is 1.17 bits per heavy atom. The van der Waals surface area contributed by atoms with Crippen molar-refractivity contribution in [3.8, 4) is 11.3 Å². The van der Waals surface area contributed by atoms with Crippen LogP contribution in [0.5, 0.6) is 0 Å². The van der Waals surface area contributed by atoms with E-state index in [4.69, 9.17) is 25.4 Å². The van der Waals surface area contributed by atoms with E-state index in [9.17, 15) is 4.79 Å². The first kappa shape index (κ1) is 19.5. The van der Waals surface area contributed by atoms with Crippen LogP contribution in [0.4, 0.5) is 0 Å². The Hall–Kier alpha value is -0.850. The fraction of sp³-hybridized carbons (Fsp3) is 0.438. The third kappa shape index (κ3) is 5.60. The van der Waals surface area contributed by atoms with Crippen molar-refractivity contribution in [2.45, 2.75) is 32.6 Å². The summed E-state index contributed by atoms with van der Waals surface area (Å²) in [5.41, 5.74) is -1.81. The lowest BCUT2D eigenvalue weighted by atomic mass is 10.2. The predicted molar refractivity (Wildman–Crippen MR) is 103 cm³/mol. The molecule has 0 saturated carbocycles. The van der Waals surface area contributed by atoms with Gasteiger partial charge in [0.05, 0.1) is 19.3 Å². The van der Waals surface area contributed by atoms with Gasteiger partial charge in [0.1, 0.15) is 5.88 Å². The van der Waals surface area contributed by atoms with E-state index >= 15 is 0 Å². The molecule has 0 fully saturated rings. The van der Waals surface area contributed by atoms with Gasteiger partial charge in [0.25, 0.3) is 5.56 Å². The molecule has 0 radical (unpaired) electrons. The largest absolute Gasteiger partial charge is 0.375 e. The van der Waals surface area contributed by atoms with Crippen LogP contribution in [0.15, 0.2) is 45.7 Å². The molecule has 8 heteroatoms. The molecule has 0 bridgehead atoms. The average Bonchev–Trinajstić information content (AvgIpc) is 2.98. The van der Waals surface area contributed by atoms with Crippen molar-refractivity contribution in [3.63, 3.8) is 0 Å². The zero-order chi connectivity index (χ0) is 17.4. The van der Waals surface area contributed by atoms with Gasteiger partial charge in [-0.2, -0.15) is 4.74 Å². The van der Waals surface area contributed by atoms with Gasteiger partial charge >= 0.3 is 0 Å². The quantitative estimate of drug-likeness (QED) is 0.542. The first-order valence-electron chi connectivity index (χ1n) is 7.88. The second-order valence-electron chi connectivity index (χ2n) is 5.05. The molecular weight excluding hydrogens is 365 g/mol. The van der Waals surface area contributed by atoms with Crippen LogP contribution >= 0.6 is 17.1 Å². The fourth-order valence-corrected chi connectivity index (χ4v) is 5.81. The SMILES string of the molecule is CCCOP(=S)(OCCC)SCn1oc(-c2ccccc2)cc1=O. The Bertz CT molecular complexity index is 717. The van der Waals surface area contributed by atoms with Gasteiger partial charge in [0, 0.05) is 5.56 Å². The van der Waals surface area contributed by atoms with Crippen LogP contribution in [0.3, 0.4) is 0 Å². The predicted octanol–water partition coefficient (Wildman–Crippen LogP) is 4.88. The number of nitrogens with zero attached hydrogens (tertiary/aromatic N) is 1. The van der Waals surface area contributed by atoms with E-state index in [-0.39, 0.29) is 11.4 Å². The van der Waals surface area contributed by atoms with E-state index in [0.717, 1.165) is 18.4 Å². The van der Waals surface area contributed by atoms with Crippen molar-refractivity contribution in [3.05, 3.63) is 46.8 Å². The summed E-state index contributed by atoms with van der Waals surface area (Å²) in [5.74, 6) is 0.814. The molecule has 0 unspecified atom stereocenters. The lowest BCUT2D eigenvalue weighted by Crippen LogP contribution is -2.11. The molecule has 0 aliphatic carbocycles. The third-order valence-electron chi connectivity index (χ3n) is 3.01. The number of aromatic nitrogens is 1. The van der Waals surface area contributed by atoms with E-state index in [0.29, 0.717) is 19.0 Å². The van der Waals surface area contributed by atoms with Crippen LogP contribution in [0.25, 0.3) is 11.3 Å². The van der Waals surface area contributed by atoms with Crippen LogP contribution in [-0.2, 0) is 26.7 Å². The Morgan fingerprint density at radius 3 is 2.38 bits per heavy atom. The molecule has 0 aliphatic heterocycles. The molecule has 2 aromatic rings. The second-order valence-corrected chi connectivity index (χ2v) is 11.3. The van der Waals surface area contributed by atoms with Crippen LogP contribution < -0.4 is 5.56 Å². The Kier molecular flexibility index (Phi) is 7.78. The smallest absolute Gasteiger partial charge is 0.283 e. The lowest BCUT2D eigenvalue weighted by Gasteiger charge is -2.20. The summed E-state index contributed by atoms with van der Waals surface area (Å²) in [6.07, 6.45) is 1.74. The summed E-state index contributed by atoms with van der Waals surface area (Å²) in [5, 5.41) is 0. The summed E-state index contributed by atoms with van der Waals surface area (Å²) in [7, 11) is 0. The average molecular weight is 387 g/mol. The molecule has 0 aliphatic rings. The van der Waals surface area contributed by atoms with Crippen molar-refractivity contribution in [2.75, 3.05) is 13.2 Å². The molecule has 5 nitrogen and oxygen atoms in total. The normalized spacial score (nSPS) is 11.8. The van der Waals surface area contributed by atoms with Gasteiger partial charge in [-0.15, -0.1) is 0 Å². The number of benzene rings is 1. The maximum absolute atomic E-state index is 12.1. The highest BCUT2D eigenvalue weighted by atomic mass is 32.9. The number of hydrogen-bond acceptors (Lipinski definition) is 6. The molecule has 0 N–H and O–H groups in total. The monoisotopic (exact) mass is 387 g/mol. The third-order valence-corrected chi connectivity index (χ3v) is 8.18. The molecule has 0 spiro atoms. The second kappa shape index (κ2) is 9.59. The lowest BCUT2D eigenvalue weighted by molar-refractivity contribution is 0.259. The zero-order valence-corrected chi connectivity index (χ0v) is 16.4. The summed E-state index contributed by atoms with van der Waals surface area (Å²) >= 11 is 6.88. The van der Waals surface area contributed by atoms with E-state index in [1.807, 2.05) is 44.2 Å². The van der Waals surface area contributed by atoms with Gasteiger partial charge < -0.3 is 13.6 Å². The highest BCUT2D eigenvalue weighted by molar-refractivity contribution is 8.67. The molecular formula is C16H22NO4PS2. The summed E-state index contributed by atoms with van der Waals surface area (Å²) in [4.78, 5) is 12.1. The van der Waals surface area contributed by atoms with E-state index in [1.54, 1.807) is 0 Å². The van der Waals surface area contributed by atoms with Crippen LogP contribution in [0.2, 0.25) is 0 Å². The van der Waals surface area contributed by atoms with Crippen molar-refractivity contribution < 1.29 is 13.6 Å². The van der Waals surface area contributed by atoms with Crippen molar-refractivity contribution in [1.29, 1.82) is 0 Å². The van der Waals surface area contributed by atoms with E-state index in [2.05, 4.69) is 0 Å². The first-order chi connectivity index (χ1) is 11.6. The minimum absolute atomic E-state index is 0.200. The van der Waals surface area contributed by atoms with Crippen LogP contribution in [0.1, 0.15) is 26.7 Å². The molecule has 0 amide bonds. The molecule has 1 heterocycles. The summed E-state index contributed by atoms with van der Waals surface area (Å²) in [6.45, 7) is 5.15. The molecule has 0 saturated heterocycles. The van der Waals surface area contributed by atoms with E-state index < -0.39 is 5.69 Å². The highest BCUT2D eigenvalue weighted by Gasteiger charge is 2.21. The van der Waals surface area contributed by atoms with Crippen molar-refractivity contribution >= 4 is 28.9 Å². The first-order valence-corrected chi connectivity index (χ1v) is 12.1. The van der Waals surface area contributed by atoms with Crippen LogP contribution in [0, 0.1) is 0 Å². The van der Waals surface area contributed by atoms with Crippen LogP contribution in [-0.4, -0.2) is 18.0 Å². The maximum Gasteiger partial charge on any atom is 0.283 e. The zero-order valence-electron chi connectivity index (χ0n) is 13.8. The van der Waals surface area contributed by atoms with E-state index in [1.165, 1.54) is 22.2 Å². The molecule has 1 aromatic heterocycles. The number of hydrogen-bond donors (Lipinski definition) is 0. The molecule has 2 rings (SSSR count). The topological polar surface area (TPSA) is 53.6 Å². The Morgan fingerprint density at radius 2 is 1.79 bits per heavy atom. The number of rotatable bonds is 10. The van der Waals surface area contributed by atoms with Gasteiger partial charge in [-0.3, -0.25) is 4.79 Å². The summed E-state index contributed by atoms with van der Waals surface area (Å²) in [6, 6.07) is 11.0.